The fourth-order valence-corrected chi connectivity index (χ4v) is 7.28. The van der Waals surface area contributed by atoms with Crippen LogP contribution in [0.4, 0.5) is 0 Å². The monoisotopic (exact) mass is 497 g/mol. The van der Waals surface area contributed by atoms with Crippen LogP contribution in [0.25, 0.3) is 0 Å². The lowest BCUT2D eigenvalue weighted by Crippen LogP contribution is -2.51. The fourth-order valence-electron chi connectivity index (χ4n) is 5.28. The van der Waals surface area contributed by atoms with Gasteiger partial charge in [0.2, 0.25) is 15.9 Å². The molecule has 3 aliphatic heterocycles. The Kier molecular flexibility index (Phi) is 7.10. The van der Waals surface area contributed by atoms with Crippen LogP contribution in [0.15, 0.2) is 4.90 Å². The highest BCUT2D eigenvalue weighted by Crippen LogP contribution is 2.34. The summed E-state index contributed by atoms with van der Waals surface area (Å²) < 4.78 is 47.2. The Morgan fingerprint density at radius 3 is 2.35 bits per heavy atom. The van der Waals surface area contributed by atoms with E-state index in [-0.39, 0.29) is 29.5 Å². The molecule has 0 unspecified atom stereocenters. The molecule has 10 nitrogen and oxygen atoms in total. The second kappa shape index (κ2) is 9.60. The molecule has 3 aliphatic rings. The van der Waals surface area contributed by atoms with E-state index in [1.165, 1.54) is 4.31 Å². The van der Waals surface area contributed by atoms with Crippen LogP contribution in [0.1, 0.15) is 54.4 Å². The number of amides is 1. The van der Waals surface area contributed by atoms with Crippen molar-refractivity contribution in [3.8, 4) is 0 Å². The molecule has 1 aromatic heterocycles. The number of piperidine rings is 2. The van der Waals surface area contributed by atoms with Crippen molar-refractivity contribution in [1.82, 2.24) is 13.8 Å². The Labute approximate surface area is 201 Å². The molecule has 1 amide bonds. The highest BCUT2D eigenvalue weighted by molar-refractivity contribution is 7.89. The Morgan fingerprint density at radius 1 is 1.09 bits per heavy atom. The second-order valence-electron chi connectivity index (χ2n) is 9.29. The van der Waals surface area contributed by atoms with E-state index in [1.54, 1.807) is 37.3 Å². The van der Waals surface area contributed by atoms with E-state index in [9.17, 15) is 18.0 Å². The summed E-state index contributed by atoms with van der Waals surface area (Å²) in [7, 11) is -2.27. The van der Waals surface area contributed by atoms with Crippen LogP contribution in [-0.4, -0.2) is 85.9 Å². The van der Waals surface area contributed by atoms with E-state index in [1.807, 2.05) is 0 Å². The van der Waals surface area contributed by atoms with Gasteiger partial charge in [0.05, 0.1) is 25.7 Å². The maximum absolute atomic E-state index is 13.8. The molecule has 190 valence electrons. The third kappa shape index (κ3) is 4.38. The normalized spacial score (nSPS) is 23.4. The van der Waals surface area contributed by atoms with Crippen molar-refractivity contribution >= 4 is 21.9 Å². The lowest BCUT2D eigenvalue weighted by molar-refractivity contribution is -0.188. The number of rotatable bonds is 5. The van der Waals surface area contributed by atoms with Crippen LogP contribution in [0.2, 0.25) is 0 Å². The van der Waals surface area contributed by atoms with Gasteiger partial charge in [-0.15, -0.1) is 0 Å². The van der Waals surface area contributed by atoms with Gasteiger partial charge in [0.15, 0.2) is 5.79 Å². The predicted molar refractivity (Wildman–Crippen MR) is 123 cm³/mol. The van der Waals surface area contributed by atoms with Crippen molar-refractivity contribution in [2.24, 2.45) is 13.0 Å². The minimum Gasteiger partial charge on any atom is -0.462 e. The van der Waals surface area contributed by atoms with Crippen LogP contribution in [0.5, 0.6) is 0 Å². The number of esters is 1. The summed E-state index contributed by atoms with van der Waals surface area (Å²) in [5, 5.41) is 0. The second-order valence-corrected chi connectivity index (χ2v) is 11.2. The fraction of sp³-hybridized carbons (Fsp3) is 0.739. The summed E-state index contributed by atoms with van der Waals surface area (Å²) in [6, 6.07) is 0. The Bertz CT molecular complexity index is 1050. The van der Waals surface area contributed by atoms with E-state index >= 15 is 0 Å². The maximum Gasteiger partial charge on any atom is 0.341 e. The Morgan fingerprint density at radius 2 is 1.74 bits per heavy atom. The average Bonchev–Trinajstić information content (AvgIpc) is 3.37. The van der Waals surface area contributed by atoms with Gasteiger partial charge in [-0.1, -0.05) is 0 Å². The van der Waals surface area contributed by atoms with E-state index in [0.717, 1.165) is 0 Å². The van der Waals surface area contributed by atoms with Crippen LogP contribution in [-0.2, 0) is 36.1 Å². The smallest absolute Gasteiger partial charge is 0.341 e. The minimum atomic E-state index is -4.00. The van der Waals surface area contributed by atoms with Gasteiger partial charge in [-0.05, 0) is 33.6 Å². The summed E-state index contributed by atoms with van der Waals surface area (Å²) in [6.07, 6.45) is 2.47. The summed E-state index contributed by atoms with van der Waals surface area (Å²) in [6.45, 7) is 7.87. The predicted octanol–water partition coefficient (Wildman–Crippen LogP) is 1.58. The molecule has 3 fully saturated rings. The summed E-state index contributed by atoms with van der Waals surface area (Å²) in [5.41, 5.74) is 1.10. The van der Waals surface area contributed by atoms with Crippen molar-refractivity contribution < 1.29 is 32.2 Å². The molecule has 1 atom stereocenters. The summed E-state index contributed by atoms with van der Waals surface area (Å²) in [4.78, 5) is 27.7. The van der Waals surface area contributed by atoms with Crippen LogP contribution in [0.3, 0.4) is 0 Å². The molecule has 1 spiro atoms. The van der Waals surface area contributed by atoms with Crippen molar-refractivity contribution in [2.45, 2.75) is 57.1 Å². The molecular weight excluding hydrogens is 462 g/mol. The molecule has 4 heterocycles. The lowest BCUT2D eigenvalue weighted by Gasteiger charge is -2.40. The molecule has 1 aromatic rings. The quantitative estimate of drug-likeness (QED) is 0.569. The Hall–Kier alpha value is -1.95. The number of likely N-dealkylation sites (tertiary alicyclic amines) is 1. The number of nitrogens with zero attached hydrogens (tertiary/aromatic N) is 3. The van der Waals surface area contributed by atoms with Gasteiger partial charge in [0.1, 0.15) is 10.5 Å². The standard InChI is InChI=1S/C23H35N3O7S/c1-5-31-22(28)19-16(2)24(4)17(3)20(19)34(29,30)26-10-6-7-18(15-26)21(27)25-11-8-23(9-12-25)32-13-14-33-23/h18H,5-15H2,1-4H3/t18-/m0/s1. The number of ether oxygens (including phenoxy) is 3. The van der Waals surface area contributed by atoms with Gasteiger partial charge >= 0.3 is 5.97 Å². The summed E-state index contributed by atoms with van der Waals surface area (Å²) in [5.74, 6) is -1.66. The molecule has 0 aliphatic carbocycles. The molecule has 34 heavy (non-hydrogen) atoms. The van der Waals surface area contributed by atoms with Crippen molar-refractivity contribution in [3.05, 3.63) is 17.0 Å². The van der Waals surface area contributed by atoms with E-state index in [4.69, 9.17) is 14.2 Å². The summed E-state index contributed by atoms with van der Waals surface area (Å²) >= 11 is 0. The zero-order chi connectivity index (χ0) is 24.7. The van der Waals surface area contributed by atoms with Gasteiger partial charge in [0, 0.05) is 57.5 Å². The SMILES string of the molecule is CCOC(=O)c1c(S(=O)(=O)N2CCC[C@H](C(=O)N3CCC4(CC3)OCCO4)C2)c(C)n(C)c1C. The van der Waals surface area contributed by atoms with Crippen molar-refractivity contribution in [3.63, 3.8) is 0 Å². The molecule has 4 rings (SSSR count). The zero-order valence-corrected chi connectivity index (χ0v) is 21.3. The van der Waals surface area contributed by atoms with Crippen LogP contribution < -0.4 is 0 Å². The Balaban J connectivity index is 1.52. The van der Waals surface area contributed by atoms with E-state index in [2.05, 4.69) is 0 Å². The van der Waals surface area contributed by atoms with E-state index in [0.29, 0.717) is 69.9 Å². The third-order valence-corrected chi connectivity index (χ3v) is 9.41. The molecule has 0 N–H and O–H groups in total. The highest BCUT2D eigenvalue weighted by Gasteiger charge is 2.43. The van der Waals surface area contributed by atoms with Crippen LogP contribution in [0, 0.1) is 19.8 Å². The first-order chi connectivity index (χ1) is 16.1. The van der Waals surface area contributed by atoms with Gasteiger partial charge in [-0.2, -0.15) is 4.31 Å². The number of sulfonamides is 1. The van der Waals surface area contributed by atoms with Gasteiger partial charge in [-0.3, -0.25) is 4.79 Å². The number of hydrogen-bond acceptors (Lipinski definition) is 7. The first-order valence-electron chi connectivity index (χ1n) is 12.0. The molecule has 0 saturated carbocycles. The molecule has 0 bridgehead atoms. The van der Waals surface area contributed by atoms with Crippen LogP contribution >= 0.6 is 0 Å². The third-order valence-electron chi connectivity index (χ3n) is 7.38. The molecule has 3 saturated heterocycles. The number of carbonyl (C=O) groups is 2. The van der Waals surface area contributed by atoms with Gasteiger partial charge < -0.3 is 23.7 Å². The molecular formula is C23H35N3O7S. The average molecular weight is 498 g/mol. The zero-order valence-electron chi connectivity index (χ0n) is 20.5. The molecule has 11 heteroatoms. The van der Waals surface area contributed by atoms with Crippen molar-refractivity contribution in [2.75, 3.05) is 46.0 Å². The highest BCUT2D eigenvalue weighted by atomic mass is 32.2. The number of hydrogen-bond donors (Lipinski definition) is 0. The number of aromatic nitrogens is 1. The van der Waals surface area contributed by atoms with Gasteiger partial charge in [0.25, 0.3) is 0 Å². The minimum absolute atomic E-state index is 0.0190. The molecule has 0 radical (unpaired) electrons. The van der Waals surface area contributed by atoms with Gasteiger partial charge in [-0.25, -0.2) is 13.2 Å². The van der Waals surface area contributed by atoms with E-state index < -0.39 is 27.7 Å². The van der Waals surface area contributed by atoms with Crippen molar-refractivity contribution in [1.29, 1.82) is 0 Å². The number of carbonyl (C=O) groups excluding carboxylic acids is 2. The first-order valence-corrected chi connectivity index (χ1v) is 13.4. The molecule has 0 aromatic carbocycles. The topological polar surface area (TPSA) is 107 Å². The first kappa shape index (κ1) is 25.2. The lowest BCUT2D eigenvalue weighted by atomic mass is 9.96. The largest absolute Gasteiger partial charge is 0.462 e. The maximum atomic E-state index is 13.8.